The minimum Gasteiger partial charge on any atom is -0.480 e. The van der Waals surface area contributed by atoms with E-state index in [0.29, 0.717) is 19.3 Å². The number of nitrogens with one attached hydrogen (secondary N) is 1. The van der Waals surface area contributed by atoms with E-state index in [0.717, 1.165) is 31.2 Å². The monoisotopic (exact) mass is 516 g/mol. The van der Waals surface area contributed by atoms with Crippen LogP contribution >= 0.6 is 0 Å². The highest BCUT2D eigenvalue weighted by Gasteiger charge is 2.48. The molecule has 0 radical (unpaired) electrons. The van der Waals surface area contributed by atoms with E-state index in [2.05, 4.69) is 5.32 Å². The van der Waals surface area contributed by atoms with E-state index in [4.69, 9.17) is 14.2 Å². The maximum atomic E-state index is 13.6. The van der Waals surface area contributed by atoms with Gasteiger partial charge in [-0.1, -0.05) is 43.2 Å². The number of carboxylic acid groups (broad SMARTS) is 1. The van der Waals surface area contributed by atoms with Crippen LogP contribution in [0, 0.1) is 5.92 Å². The molecular formula is C27H36N2O8. The van der Waals surface area contributed by atoms with Gasteiger partial charge in [0.05, 0.1) is 6.04 Å². The largest absolute Gasteiger partial charge is 0.509 e. The minimum atomic E-state index is -0.988. The molecule has 2 saturated heterocycles. The van der Waals surface area contributed by atoms with E-state index >= 15 is 0 Å². The quantitative estimate of drug-likeness (QED) is 0.451. The van der Waals surface area contributed by atoms with Crippen LogP contribution in [0.3, 0.4) is 0 Å². The molecular weight excluding hydrogens is 480 g/mol. The van der Waals surface area contributed by atoms with Gasteiger partial charge in [-0.25, -0.2) is 9.59 Å². The topological polar surface area (TPSA) is 131 Å². The van der Waals surface area contributed by atoms with Gasteiger partial charge in [0, 0.05) is 6.04 Å². The summed E-state index contributed by atoms with van der Waals surface area (Å²) in [5.74, 6) is -1.68. The summed E-state index contributed by atoms with van der Waals surface area (Å²) < 4.78 is 15.4. The Kier molecular flexibility index (Phi) is 8.68. The van der Waals surface area contributed by atoms with Crippen LogP contribution in [0.1, 0.15) is 57.9 Å². The number of amides is 1. The number of hydrogen-bond acceptors (Lipinski definition) is 8. The van der Waals surface area contributed by atoms with Crippen molar-refractivity contribution >= 4 is 24.0 Å². The number of benzene rings is 1. The molecule has 202 valence electrons. The van der Waals surface area contributed by atoms with Crippen molar-refractivity contribution in [3.63, 3.8) is 0 Å². The summed E-state index contributed by atoms with van der Waals surface area (Å²) in [6.07, 6.45) is 3.12. The Bertz CT molecular complexity index is 986. The Morgan fingerprint density at radius 1 is 1.16 bits per heavy atom. The zero-order valence-electron chi connectivity index (χ0n) is 21.3. The maximum absolute atomic E-state index is 13.6. The fraction of sp³-hybridized carbons (Fsp3) is 0.630. The number of carbonyl (C=O) groups excluding carboxylic acids is 3. The molecule has 7 atom stereocenters. The van der Waals surface area contributed by atoms with Gasteiger partial charge in [-0.15, -0.1) is 0 Å². The van der Waals surface area contributed by atoms with E-state index in [1.54, 1.807) is 18.7 Å². The van der Waals surface area contributed by atoms with Gasteiger partial charge < -0.3 is 24.2 Å². The first kappa shape index (κ1) is 26.9. The number of likely N-dealkylation sites (tertiary alicyclic amines) is 1. The van der Waals surface area contributed by atoms with Gasteiger partial charge in [0.25, 0.3) is 0 Å². The van der Waals surface area contributed by atoms with Crippen molar-refractivity contribution in [2.24, 2.45) is 5.92 Å². The van der Waals surface area contributed by atoms with E-state index in [1.165, 1.54) is 0 Å². The third kappa shape index (κ3) is 6.41. The molecule has 4 rings (SSSR count). The predicted octanol–water partition coefficient (Wildman–Crippen LogP) is 2.68. The van der Waals surface area contributed by atoms with Crippen LogP contribution in [0.2, 0.25) is 0 Å². The van der Waals surface area contributed by atoms with Gasteiger partial charge >= 0.3 is 18.1 Å². The van der Waals surface area contributed by atoms with Crippen LogP contribution < -0.4 is 5.32 Å². The molecule has 1 saturated carbocycles. The normalized spacial score (nSPS) is 28.5. The fourth-order valence-corrected chi connectivity index (χ4v) is 5.73. The van der Waals surface area contributed by atoms with Gasteiger partial charge in [-0.2, -0.15) is 0 Å². The van der Waals surface area contributed by atoms with Crippen LogP contribution in [0.25, 0.3) is 0 Å². The van der Waals surface area contributed by atoms with E-state index in [1.807, 2.05) is 30.3 Å². The van der Waals surface area contributed by atoms with Crippen molar-refractivity contribution in [3.05, 3.63) is 35.9 Å². The van der Waals surface area contributed by atoms with Crippen molar-refractivity contribution in [1.29, 1.82) is 0 Å². The second-order valence-corrected chi connectivity index (χ2v) is 10.3. The predicted molar refractivity (Wildman–Crippen MR) is 132 cm³/mol. The second kappa shape index (κ2) is 11.9. The molecule has 0 aromatic heterocycles. The highest BCUT2D eigenvalue weighted by Crippen LogP contribution is 2.40. The Labute approximate surface area is 216 Å². The lowest BCUT2D eigenvalue weighted by Gasteiger charge is -2.35. The maximum Gasteiger partial charge on any atom is 0.509 e. The number of rotatable bonds is 10. The average Bonchev–Trinajstić information content (AvgIpc) is 3.44. The number of cyclic esters (lactones) is 2. The summed E-state index contributed by atoms with van der Waals surface area (Å²) >= 11 is 0. The third-order valence-corrected chi connectivity index (χ3v) is 7.74. The van der Waals surface area contributed by atoms with Gasteiger partial charge in [-0.05, 0) is 57.4 Å². The van der Waals surface area contributed by atoms with Crippen LogP contribution in [-0.4, -0.2) is 77.0 Å². The number of carbonyl (C=O) groups is 4. The van der Waals surface area contributed by atoms with Gasteiger partial charge in [0.1, 0.15) is 24.8 Å². The number of aryl methyl sites for hydroxylation is 1. The number of carboxylic acids is 1. The van der Waals surface area contributed by atoms with Crippen molar-refractivity contribution in [2.75, 3.05) is 6.61 Å². The standard InChI is InChI=1S/C27H36N2O8/c1-16(24(30)29-21-11-7-6-10-19(21)14-22(29)25(31)32)28-20(13-12-18-8-4-3-5-9-18)26(33)35-15-23-17(2)36-27(34)37-23/h3-5,8-9,16-17,19-23,28H,6-7,10-15H2,1-2H3,(H,31,32)/t16-,17?,19+,20-,21-,22-,23?/m0/s1. The minimum absolute atomic E-state index is 0.0835. The molecule has 2 unspecified atom stereocenters. The van der Waals surface area contributed by atoms with Crippen molar-refractivity contribution in [1.82, 2.24) is 10.2 Å². The SMILES string of the molecule is CC1OC(=O)OC1COC(=O)[C@H](CCc1ccccc1)N[C@@H](C)C(=O)N1[C@H](C(=O)O)C[C@H]2CCCC[C@@H]21. The fourth-order valence-electron chi connectivity index (χ4n) is 5.73. The zero-order valence-corrected chi connectivity index (χ0v) is 21.3. The first-order valence-electron chi connectivity index (χ1n) is 13.1. The van der Waals surface area contributed by atoms with Crippen molar-refractivity contribution < 1.29 is 38.5 Å². The lowest BCUT2D eigenvalue weighted by molar-refractivity contribution is -0.152. The Morgan fingerprint density at radius 3 is 2.57 bits per heavy atom. The molecule has 2 N–H and O–H groups in total. The lowest BCUT2D eigenvalue weighted by atomic mass is 9.84. The van der Waals surface area contributed by atoms with Gasteiger partial charge in [0.15, 0.2) is 6.10 Å². The summed E-state index contributed by atoms with van der Waals surface area (Å²) in [4.78, 5) is 51.6. The molecule has 37 heavy (non-hydrogen) atoms. The summed E-state index contributed by atoms with van der Waals surface area (Å²) in [5.41, 5.74) is 1.03. The molecule has 2 heterocycles. The molecule has 0 bridgehead atoms. The summed E-state index contributed by atoms with van der Waals surface area (Å²) in [5, 5.41) is 12.9. The zero-order chi connectivity index (χ0) is 26.5. The van der Waals surface area contributed by atoms with Crippen LogP contribution in [0.5, 0.6) is 0 Å². The number of ether oxygens (including phenoxy) is 3. The summed E-state index contributed by atoms with van der Waals surface area (Å²) in [7, 11) is 0. The second-order valence-electron chi connectivity index (χ2n) is 10.3. The van der Waals surface area contributed by atoms with E-state index in [9.17, 15) is 24.3 Å². The molecule has 3 aliphatic rings. The van der Waals surface area contributed by atoms with E-state index in [-0.39, 0.29) is 24.5 Å². The highest BCUT2D eigenvalue weighted by atomic mass is 16.8. The lowest BCUT2D eigenvalue weighted by Crippen LogP contribution is -2.55. The van der Waals surface area contributed by atoms with E-state index < -0.39 is 48.4 Å². The Balaban J connectivity index is 1.44. The van der Waals surface area contributed by atoms with Crippen LogP contribution in [0.4, 0.5) is 4.79 Å². The molecule has 1 amide bonds. The average molecular weight is 517 g/mol. The Hall–Kier alpha value is -3.14. The number of fused-ring (bicyclic) bond motifs is 1. The molecule has 2 aliphatic heterocycles. The van der Waals surface area contributed by atoms with Crippen molar-refractivity contribution in [2.45, 2.75) is 95.2 Å². The van der Waals surface area contributed by atoms with Gasteiger partial charge in [0.2, 0.25) is 5.91 Å². The first-order valence-corrected chi connectivity index (χ1v) is 13.1. The molecule has 10 nitrogen and oxygen atoms in total. The third-order valence-electron chi connectivity index (χ3n) is 7.74. The van der Waals surface area contributed by atoms with Crippen molar-refractivity contribution in [3.8, 4) is 0 Å². The summed E-state index contributed by atoms with van der Waals surface area (Å²) in [6, 6.07) is 7.11. The molecule has 10 heteroatoms. The first-order chi connectivity index (χ1) is 17.7. The molecule has 0 spiro atoms. The number of nitrogens with zero attached hydrogens (tertiary/aromatic N) is 1. The number of esters is 1. The molecule has 1 aromatic carbocycles. The Morgan fingerprint density at radius 2 is 1.89 bits per heavy atom. The summed E-state index contributed by atoms with van der Waals surface area (Å²) in [6.45, 7) is 3.16. The molecule has 3 fully saturated rings. The molecule has 1 aliphatic carbocycles. The highest BCUT2D eigenvalue weighted by molar-refractivity contribution is 5.88. The van der Waals surface area contributed by atoms with Crippen LogP contribution in [-0.2, 0) is 35.0 Å². The van der Waals surface area contributed by atoms with Gasteiger partial charge in [-0.3, -0.25) is 14.9 Å². The molecule has 1 aromatic rings. The number of aliphatic carboxylic acids is 1. The smallest absolute Gasteiger partial charge is 0.480 e. The number of hydrogen-bond donors (Lipinski definition) is 2. The van der Waals surface area contributed by atoms with Crippen LogP contribution in [0.15, 0.2) is 30.3 Å².